The van der Waals surface area contributed by atoms with Gasteiger partial charge in [0.15, 0.2) is 0 Å². The molecule has 3 nitrogen and oxygen atoms in total. The maximum absolute atomic E-state index is 5.99. The molecule has 0 bridgehead atoms. The molecular weight excluding hydrogens is 222 g/mol. The van der Waals surface area contributed by atoms with Gasteiger partial charge in [-0.2, -0.15) is 0 Å². The zero-order valence-corrected chi connectivity index (χ0v) is 12.7. The normalized spacial score (nSPS) is 24.3. The van der Waals surface area contributed by atoms with Gasteiger partial charge in [0, 0.05) is 12.6 Å². The fourth-order valence-corrected chi connectivity index (χ4v) is 3.08. The third-order valence-corrected chi connectivity index (χ3v) is 4.39. The molecule has 2 atom stereocenters. The molecule has 2 unspecified atom stereocenters. The first-order valence-corrected chi connectivity index (χ1v) is 7.89. The van der Waals surface area contributed by atoms with E-state index in [2.05, 4.69) is 30.6 Å². The van der Waals surface area contributed by atoms with Crippen molar-refractivity contribution >= 4 is 0 Å². The van der Waals surface area contributed by atoms with Crippen LogP contribution in [0, 0.1) is 5.92 Å². The lowest BCUT2D eigenvalue weighted by atomic mass is 10.1. The molecule has 0 saturated heterocycles. The van der Waals surface area contributed by atoms with Crippen molar-refractivity contribution in [1.82, 2.24) is 9.80 Å². The molecule has 18 heavy (non-hydrogen) atoms. The number of nitrogens with two attached hydrogens (primary N) is 1. The predicted molar refractivity (Wildman–Crippen MR) is 79.8 cm³/mol. The molecule has 1 fully saturated rings. The van der Waals surface area contributed by atoms with Crippen LogP contribution in [0.3, 0.4) is 0 Å². The highest BCUT2D eigenvalue weighted by atomic mass is 15.1. The molecule has 0 aromatic carbocycles. The molecule has 0 radical (unpaired) electrons. The minimum Gasteiger partial charge on any atom is -0.328 e. The van der Waals surface area contributed by atoms with E-state index in [0.29, 0.717) is 6.04 Å². The molecule has 1 aliphatic carbocycles. The van der Waals surface area contributed by atoms with E-state index >= 15 is 0 Å². The summed E-state index contributed by atoms with van der Waals surface area (Å²) in [6.07, 6.45) is 5.12. The second-order valence-corrected chi connectivity index (χ2v) is 5.71. The Morgan fingerprint density at radius 2 is 1.56 bits per heavy atom. The first-order valence-electron chi connectivity index (χ1n) is 7.89. The van der Waals surface area contributed by atoms with Gasteiger partial charge >= 0.3 is 0 Å². The van der Waals surface area contributed by atoms with Gasteiger partial charge in [0.2, 0.25) is 0 Å². The monoisotopic (exact) mass is 255 g/mol. The SMILES string of the molecule is CCN(CC)CCCN(CC)CC1CCC(N)C1. The van der Waals surface area contributed by atoms with Crippen LogP contribution in [-0.2, 0) is 0 Å². The van der Waals surface area contributed by atoms with Crippen molar-refractivity contribution < 1.29 is 0 Å². The van der Waals surface area contributed by atoms with Crippen molar-refractivity contribution in [2.24, 2.45) is 11.7 Å². The highest BCUT2D eigenvalue weighted by Gasteiger charge is 2.23. The molecule has 1 aliphatic rings. The van der Waals surface area contributed by atoms with E-state index in [-0.39, 0.29) is 0 Å². The van der Waals surface area contributed by atoms with Crippen LogP contribution in [0.15, 0.2) is 0 Å². The van der Waals surface area contributed by atoms with E-state index in [1.54, 1.807) is 0 Å². The van der Waals surface area contributed by atoms with Crippen LogP contribution in [0.2, 0.25) is 0 Å². The molecule has 0 aromatic heterocycles. The second-order valence-electron chi connectivity index (χ2n) is 5.71. The van der Waals surface area contributed by atoms with Crippen molar-refractivity contribution in [1.29, 1.82) is 0 Å². The Hall–Kier alpha value is -0.120. The van der Waals surface area contributed by atoms with E-state index in [1.807, 2.05) is 0 Å². The molecule has 3 heteroatoms. The summed E-state index contributed by atoms with van der Waals surface area (Å²) in [5.74, 6) is 0.855. The molecule has 0 aliphatic heterocycles. The quantitative estimate of drug-likeness (QED) is 0.685. The van der Waals surface area contributed by atoms with Crippen LogP contribution in [0.4, 0.5) is 0 Å². The molecule has 0 heterocycles. The minimum atomic E-state index is 0.476. The van der Waals surface area contributed by atoms with Crippen LogP contribution in [-0.4, -0.2) is 55.1 Å². The summed E-state index contributed by atoms with van der Waals surface area (Å²) in [7, 11) is 0. The summed E-state index contributed by atoms with van der Waals surface area (Å²) in [5.41, 5.74) is 5.99. The maximum Gasteiger partial charge on any atom is 0.00420 e. The number of hydrogen-bond donors (Lipinski definition) is 1. The highest BCUT2D eigenvalue weighted by molar-refractivity contribution is 4.79. The largest absolute Gasteiger partial charge is 0.328 e. The lowest BCUT2D eigenvalue weighted by molar-refractivity contribution is 0.217. The topological polar surface area (TPSA) is 32.5 Å². The molecule has 108 valence electrons. The number of nitrogens with zero attached hydrogens (tertiary/aromatic N) is 2. The first kappa shape index (κ1) is 15.9. The van der Waals surface area contributed by atoms with Crippen molar-refractivity contribution in [3.8, 4) is 0 Å². The average Bonchev–Trinajstić information content (AvgIpc) is 2.78. The van der Waals surface area contributed by atoms with Crippen LogP contribution >= 0.6 is 0 Å². The Kier molecular flexibility index (Phi) is 7.87. The summed E-state index contributed by atoms with van der Waals surface area (Å²) in [6, 6.07) is 0.476. The van der Waals surface area contributed by atoms with Gasteiger partial charge in [0.25, 0.3) is 0 Å². The summed E-state index contributed by atoms with van der Waals surface area (Å²) in [5, 5.41) is 0. The molecule has 0 aromatic rings. The predicted octanol–water partition coefficient (Wildman–Crippen LogP) is 2.17. The Morgan fingerprint density at radius 3 is 2.06 bits per heavy atom. The summed E-state index contributed by atoms with van der Waals surface area (Å²) in [6.45, 7) is 14.1. The standard InChI is InChI=1S/C15H33N3/c1-4-17(5-2)10-7-11-18(6-3)13-14-8-9-15(16)12-14/h14-15H,4-13,16H2,1-3H3. The van der Waals surface area contributed by atoms with E-state index < -0.39 is 0 Å². The summed E-state index contributed by atoms with van der Waals surface area (Å²) >= 11 is 0. The van der Waals surface area contributed by atoms with Crippen LogP contribution in [0.5, 0.6) is 0 Å². The Morgan fingerprint density at radius 1 is 0.944 bits per heavy atom. The third kappa shape index (κ3) is 5.68. The van der Waals surface area contributed by atoms with Gasteiger partial charge in [-0.15, -0.1) is 0 Å². The van der Waals surface area contributed by atoms with Gasteiger partial charge in [-0.1, -0.05) is 20.8 Å². The number of hydrogen-bond acceptors (Lipinski definition) is 3. The van der Waals surface area contributed by atoms with Crippen molar-refractivity contribution in [3.63, 3.8) is 0 Å². The van der Waals surface area contributed by atoms with Gasteiger partial charge < -0.3 is 15.5 Å². The number of rotatable bonds is 9. The van der Waals surface area contributed by atoms with E-state index in [9.17, 15) is 0 Å². The molecule has 2 N–H and O–H groups in total. The van der Waals surface area contributed by atoms with Crippen molar-refractivity contribution in [3.05, 3.63) is 0 Å². The van der Waals surface area contributed by atoms with Gasteiger partial charge in [-0.25, -0.2) is 0 Å². The first-order chi connectivity index (χ1) is 8.69. The smallest absolute Gasteiger partial charge is 0.00420 e. The van der Waals surface area contributed by atoms with E-state index in [1.165, 1.54) is 65.0 Å². The highest BCUT2D eigenvalue weighted by Crippen LogP contribution is 2.24. The zero-order valence-electron chi connectivity index (χ0n) is 12.7. The molecule has 0 amide bonds. The van der Waals surface area contributed by atoms with Crippen molar-refractivity contribution in [2.45, 2.75) is 52.5 Å². The fourth-order valence-electron chi connectivity index (χ4n) is 3.08. The van der Waals surface area contributed by atoms with Crippen LogP contribution in [0.25, 0.3) is 0 Å². The maximum atomic E-state index is 5.99. The Bertz CT molecular complexity index is 204. The molecular formula is C15H33N3. The van der Waals surface area contributed by atoms with Crippen LogP contribution < -0.4 is 5.73 Å². The Balaban J connectivity index is 2.17. The van der Waals surface area contributed by atoms with Gasteiger partial charge in [0.05, 0.1) is 0 Å². The van der Waals surface area contributed by atoms with E-state index in [0.717, 1.165) is 5.92 Å². The lowest BCUT2D eigenvalue weighted by Gasteiger charge is -2.25. The molecule has 1 saturated carbocycles. The van der Waals surface area contributed by atoms with Gasteiger partial charge in [-0.05, 0) is 64.3 Å². The summed E-state index contributed by atoms with van der Waals surface area (Å²) < 4.78 is 0. The van der Waals surface area contributed by atoms with Gasteiger partial charge in [0.1, 0.15) is 0 Å². The van der Waals surface area contributed by atoms with Crippen LogP contribution in [0.1, 0.15) is 46.5 Å². The van der Waals surface area contributed by atoms with Gasteiger partial charge in [-0.3, -0.25) is 0 Å². The van der Waals surface area contributed by atoms with Crippen molar-refractivity contribution in [2.75, 3.05) is 39.3 Å². The third-order valence-electron chi connectivity index (χ3n) is 4.39. The lowest BCUT2D eigenvalue weighted by Crippen LogP contribution is -2.33. The molecule has 0 spiro atoms. The molecule has 1 rings (SSSR count). The second kappa shape index (κ2) is 8.89. The van der Waals surface area contributed by atoms with E-state index in [4.69, 9.17) is 5.73 Å². The minimum absolute atomic E-state index is 0.476. The zero-order chi connectivity index (χ0) is 13.4. The fraction of sp³-hybridized carbons (Fsp3) is 1.00. The Labute approximate surface area is 114 Å². The average molecular weight is 255 g/mol. The summed E-state index contributed by atoms with van der Waals surface area (Å²) in [4.78, 5) is 5.13.